The van der Waals surface area contributed by atoms with Crippen LogP contribution >= 0.6 is 11.5 Å². The van der Waals surface area contributed by atoms with Crippen LogP contribution in [0.4, 0.5) is 0 Å². The normalized spacial score (nSPS) is 11.1. The first-order valence-electron chi connectivity index (χ1n) is 7.72. The third-order valence-corrected chi connectivity index (χ3v) is 4.00. The molecule has 0 aliphatic rings. The van der Waals surface area contributed by atoms with Crippen LogP contribution < -0.4 is 10.1 Å². The zero-order valence-corrected chi connectivity index (χ0v) is 15.0. The van der Waals surface area contributed by atoms with Crippen LogP contribution in [0.5, 0.6) is 10.9 Å². The molecule has 0 saturated carbocycles. The molecule has 0 unspecified atom stereocenters. The summed E-state index contributed by atoms with van der Waals surface area (Å²) in [5, 5.41) is 6.71. The standard InChI is InChI=1S/C18H16N4O3S/c1-19-17(23)15(21-24-2)13-10-6-7-11-14(13)25-18-20-16(22-26-18)12-8-4-3-5-9-12/h3-11H,1-2H3,(H,19,23). The van der Waals surface area contributed by atoms with Gasteiger partial charge >= 0.3 is 0 Å². The molecule has 2 aromatic carbocycles. The van der Waals surface area contributed by atoms with Gasteiger partial charge in [0.05, 0.1) is 5.56 Å². The second-order valence-corrected chi connectivity index (χ2v) is 5.76. The summed E-state index contributed by atoms with van der Waals surface area (Å²) in [6, 6.07) is 16.7. The maximum atomic E-state index is 12.1. The molecule has 1 N–H and O–H groups in total. The lowest BCUT2D eigenvalue weighted by Gasteiger charge is -2.09. The fourth-order valence-corrected chi connectivity index (χ4v) is 2.79. The van der Waals surface area contributed by atoms with Gasteiger partial charge in [0.25, 0.3) is 11.1 Å². The van der Waals surface area contributed by atoms with Crippen molar-refractivity contribution in [1.29, 1.82) is 0 Å². The molecule has 0 bridgehead atoms. The molecule has 7 nitrogen and oxygen atoms in total. The molecule has 3 rings (SSSR count). The van der Waals surface area contributed by atoms with Gasteiger partial charge in [-0.05, 0) is 12.1 Å². The van der Waals surface area contributed by atoms with Crippen LogP contribution in [0.1, 0.15) is 5.56 Å². The number of para-hydroxylation sites is 1. The van der Waals surface area contributed by atoms with E-state index in [1.165, 1.54) is 14.2 Å². The van der Waals surface area contributed by atoms with E-state index in [0.717, 1.165) is 17.1 Å². The van der Waals surface area contributed by atoms with Gasteiger partial charge in [-0.2, -0.15) is 9.36 Å². The van der Waals surface area contributed by atoms with Gasteiger partial charge in [-0.15, -0.1) is 0 Å². The van der Waals surface area contributed by atoms with E-state index in [-0.39, 0.29) is 11.6 Å². The van der Waals surface area contributed by atoms with Crippen molar-refractivity contribution in [1.82, 2.24) is 14.7 Å². The number of amides is 1. The van der Waals surface area contributed by atoms with Gasteiger partial charge in [0.2, 0.25) is 0 Å². The van der Waals surface area contributed by atoms with Crippen molar-refractivity contribution in [3.8, 4) is 22.3 Å². The number of ether oxygens (including phenoxy) is 1. The Labute approximate surface area is 154 Å². The van der Waals surface area contributed by atoms with Crippen LogP contribution in [0.2, 0.25) is 0 Å². The predicted molar refractivity (Wildman–Crippen MR) is 99.5 cm³/mol. The average molecular weight is 368 g/mol. The Balaban J connectivity index is 1.91. The highest BCUT2D eigenvalue weighted by molar-refractivity contribution is 7.07. The van der Waals surface area contributed by atoms with Crippen molar-refractivity contribution in [3.63, 3.8) is 0 Å². The van der Waals surface area contributed by atoms with Gasteiger partial charge in [-0.1, -0.05) is 47.6 Å². The monoisotopic (exact) mass is 368 g/mol. The van der Waals surface area contributed by atoms with E-state index in [1.54, 1.807) is 24.3 Å². The molecule has 1 aromatic heterocycles. The van der Waals surface area contributed by atoms with E-state index in [2.05, 4.69) is 19.8 Å². The van der Waals surface area contributed by atoms with Crippen molar-refractivity contribution < 1.29 is 14.4 Å². The summed E-state index contributed by atoms with van der Waals surface area (Å²) in [5.41, 5.74) is 1.50. The number of benzene rings is 2. The van der Waals surface area contributed by atoms with Gasteiger partial charge in [-0.3, -0.25) is 4.79 Å². The molecule has 132 valence electrons. The van der Waals surface area contributed by atoms with Crippen LogP contribution in [0.3, 0.4) is 0 Å². The Morgan fingerprint density at radius 1 is 1.12 bits per heavy atom. The summed E-state index contributed by atoms with van der Waals surface area (Å²) in [6.45, 7) is 0. The lowest BCUT2D eigenvalue weighted by molar-refractivity contribution is -0.114. The fourth-order valence-electron chi connectivity index (χ4n) is 2.22. The van der Waals surface area contributed by atoms with E-state index in [0.29, 0.717) is 22.3 Å². The van der Waals surface area contributed by atoms with Gasteiger partial charge in [0, 0.05) is 24.1 Å². The summed E-state index contributed by atoms with van der Waals surface area (Å²) in [5.74, 6) is 0.632. The highest BCUT2D eigenvalue weighted by Crippen LogP contribution is 2.29. The number of rotatable bonds is 6. The van der Waals surface area contributed by atoms with E-state index < -0.39 is 0 Å². The first kappa shape index (κ1) is 17.6. The van der Waals surface area contributed by atoms with Crippen molar-refractivity contribution in [2.45, 2.75) is 0 Å². The second kappa shape index (κ2) is 8.21. The van der Waals surface area contributed by atoms with Gasteiger partial charge in [0.15, 0.2) is 11.5 Å². The fraction of sp³-hybridized carbons (Fsp3) is 0.111. The molecule has 26 heavy (non-hydrogen) atoms. The minimum Gasteiger partial charge on any atom is -0.429 e. The first-order chi connectivity index (χ1) is 12.7. The van der Waals surface area contributed by atoms with Gasteiger partial charge in [0.1, 0.15) is 12.9 Å². The van der Waals surface area contributed by atoms with Crippen molar-refractivity contribution >= 4 is 23.2 Å². The number of nitrogens with one attached hydrogen (secondary N) is 1. The molecule has 8 heteroatoms. The van der Waals surface area contributed by atoms with E-state index in [1.807, 2.05) is 30.3 Å². The van der Waals surface area contributed by atoms with Gasteiger partial charge < -0.3 is 14.9 Å². The number of nitrogens with zero attached hydrogens (tertiary/aromatic N) is 3. The third kappa shape index (κ3) is 3.86. The molecule has 0 atom stereocenters. The van der Waals surface area contributed by atoms with Crippen LogP contribution in [-0.2, 0) is 9.63 Å². The number of carbonyl (C=O) groups is 1. The molecule has 0 aliphatic carbocycles. The average Bonchev–Trinajstić information content (AvgIpc) is 3.15. The van der Waals surface area contributed by atoms with Crippen LogP contribution in [0.25, 0.3) is 11.4 Å². The highest BCUT2D eigenvalue weighted by Gasteiger charge is 2.19. The highest BCUT2D eigenvalue weighted by atomic mass is 32.1. The van der Waals surface area contributed by atoms with Gasteiger partial charge in [-0.25, -0.2) is 0 Å². The molecule has 1 heterocycles. The molecule has 0 saturated heterocycles. The number of likely N-dealkylation sites (N-methyl/N-ethyl adjacent to an activating group) is 1. The maximum Gasteiger partial charge on any atom is 0.299 e. The Bertz CT molecular complexity index is 925. The Morgan fingerprint density at radius 3 is 2.58 bits per heavy atom. The Morgan fingerprint density at radius 2 is 1.85 bits per heavy atom. The second-order valence-electron chi connectivity index (χ2n) is 5.05. The maximum absolute atomic E-state index is 12.1. The largest absolute Gasteiger partial charge is 0.429 e. The number of aromatic nitrogens is 2. The lowest BCUT2D eigenvalue weighted by Crippen LogP contribution is -2.28. The van der Waals surface area contributed by atoms with E-state index in [9.17, 15) is 4.79 Å². The Hall–Kier alpha value is -3.26. The lowest BCUT2D eigenvalue weighted by atomic mass is 10.1. The zero-order chi connectivity index (χ0) is 18.4. The molecule has 0 aliphatic heterocycles. The van der Waals surface area contributed by atoms with Crippen LogP contribution in [0.15, 0.2) is 59.8 Å². The quantitative estimate of drug-likeness (QED) is 0.534. The first-order valence-corrected chi connectivity index (χ1v) is 8.50. The number of hydrogen-bond acceptors (Lipinski definition) is 7. The number of carbonyl (C=O) groups excluding carboxylic acids is 1. The molecule has 0 radical (unpaired) electrons. The number of oxime groups is 1. The summed E-state index contributed by atoms with van der Waals surface area (Å²) < 4.78 is 10.2. The smallest absolute Gasteiger partial charge is 0.299 e. The minimum absolute atomic E-state index is 0.110. The summed E-state index contributed by atoms with van der Waals surface area (Å²) in [6.07, 6.45) is 0. The molecule has 3 aromatic rings. The summed E-state index contributed by atoms with van der Waals surface area (Å²) in [7, 11) is 2.90. The van der Waals surface area contributed by atoms with Crippen molar-refractivity contribution in [2.24, 2.45) is 5.16 Å². The number of hydrogen-bond donors (Lipinski definition) is 1. The van der Waals surface area contributed by atoms with E-state index in [4.69, 9.17) is 9.57 Å². The third-order valence-electron chi connectivity index (χ3n) is 3.40. The summed E-state index contributed by atoms with van der Waals surface area (Å²) in [4.78, 5) is 21.3. The van der Waals surface area contributed by atoms with Crippen LogP contribution in [0, 0.1) is 0 Å². The SMILES string of the molecule is CNC(=O)C(=NOC)c1ccccc1Oc1nc(-c2ccccc2)ns1. The molecule has 0 spiro atoms. The minimum atomic E-state index is -0.384. The predicted octanol–water partition coefficient (Wildman–Crippen LogP) is 3.09. The molecule has 0 fully saturated rings. The van der Waals surface area contributed by atoms with Crippen LogP contribution in [-0.4, -0.2) is 35.1 Å². The topological polar surface area (TPSA) is 85.7 Å². The van der Waals surface area contributed by atoms with Crippen molar-refractivity contribution in [2.75, 3.05) is 14.2 Å². The van der Waals surface area contributed by atoms with Crippen molar-refractivity contribution in [3.05, 3.63) is 60.2 Å². The zero-order valence-electron chi connectivity index (χ0n) is 14.2. The van der Waals surface area contributed by atoms with E-state index >= 15 is 0 Å². The summed E-state index contributed by atoms with van der Waals surface area (Å²) >= 11 is 1.13. The molecular formula is C18H16N4O3S. The molecular weight excluding hydrogens is 352 g/mol. The Kier molecular flexibility index (Phi) is 5.55. The molecule has 1 amide bonds.